The summed E-state index contributed by atoms with van der Waals surface area (Å²) >= 11 is 12.5. The van der Waals surface area contributed by atoms with Crippen LogP contribution in [0.4, 0.5) is 0 Å². The molecule has 2 N–H and O–H groups in total. The van der Waals surface area contributed by atoms with E-state index in [2.05, 4.69) is 64.9 Å². The number of amides is 1. The number of carbonyl (C=O) groups excluding carboxylic acids is 1. The van der Waals surface area contributed by atoms with Gasteiger partial charge in [-0.25, -0.2) is 0 Å². The van der Waals surface area contributed by atoms with E-state index >= 15 is 0 Å². The molecular weight excluding hydrogens is 569 g/mol. The molecule has 3 aliphatic rings. The molecule has 2 unspecified atom stereocenters. The number of hydrogen-bond acceptors (Lipinski definition) is 5. The Balaban J connectivity index is 1.09. The van der Waals surface area contributed by atoms with Crippen molar-refractivity contribution >= 4 is 29.1 Å². The zero-order valence-corrected chi connectivity index (χ0v) is 25.6. The third-order valence-corrected chi connectivity index (χ3v) is 8.91. The second kappa shape index (κ2) is 12.3. The van der Waals surface area contributed by atoms with Crippen LogP contribution in [0.5, 0.6) is 11.5 Å². The summed E-state index contributed by atoms with van der Waals surface area (Å²) in [4.78, 5) is 16.0. The number of piperazine rings is 1. The van der Waals surface area contributed by atoms with Gasteiger partial charge in [0.05, 0.1) is 21.6 Å². The van der Waals surface area contributed by atoms with Gasteiger partial charge in [0.25, 0.3) is 5.91 Å². The summed E-state index contributed by atoms with van der Waals surface area (Å²) in [5.74, 6) is 1.40. The average molecular weight is 607 g/mol. The van der Waals surface area contributed by atoms with E-state index in [4.69, 9.17) is 32.7 Å². The quantitative estimate of drug-likeness (QED) is 0.264. The number of fused-ring (bicyclic) bond motifs is 2. The second-order valence-corrected chi connectivity index (χ2v) is 12.5. The molecule has 1 saturated carbocycles. The van der Waals surface area contributed by atoms with Crippen LogP contribution >= 0.6 is 23.2 Å². The first-order valence-corrected chi connectivity index (χ1v) is 15.4. The van der Waals surface area contributed by atoms with Gasteiger partial charge in [0.2, 0.25) is 0 Å². The first-order valence-electron chi connectivity index (χ1n) is 14.7. The van der Waals surface area contributed by atoms with Crippen molar-refractivity contribution in [1.29, 1.82) is 0 Å². The molecule has 42 heavy (non-hydrogen) atoms. The SMILES string of the molecule is Cc1cccc(CN(C(=O)C2=CCC3(c4ccc(OCCOc5c(Cl)cc(C)cc5Cl)cc4)CNCC2N3)C2CC2)c1. The third-order valence-electron chi connectivity index (χ3n) is 8.35. The first kappa shape index (κ1) is 29.1. The second-order valence-electron chi connectivity index (χ2n) is 11.7. The number of rotatable bonds is 10. The lowest BCUT2D eigenvalue weighted by atomic mass is 9.78. The molecule has 3 aromatic rings. The molecule has 2 atom stereocenters. The maximum Gasteiger partial charge on any atom is 0.251 e. The lowest BCUT2D eigenvalue weighted by molar-refractivity contribution is -0.129. The number of nitrogens with zero attached hydrogens (tertiary/aromatic N) is 1. The van der Waals surface area contributed by atoms with Gasteiger partial charge < -0.3 is 19.7 Å². The Morgan fingerprint density at radius 3 is 2.43 bits per heavy atom. The predicted molar refractivity (Wildman–Crippen MR) is 168 cm³/mol. The van der Waals surface area contributed by atoms with Crippen LogP contribution in [-0.2, 0) is 16.9 Å². The van der Waals surface area contributed by atoms with Crippen LogP contribution in [0.15, 0.2) is 72.3 Å². The Labute approximate surface area is 258 Å². The van der Waals surface area contributed by atoms with Gasteiger partial charge in [-0.2, -0.15) is 0 Å². The Hall–Kier alpha value is -3.03. The van der Waals surface area contributed by atoms with Crippen molar-refractivity contribution in [2.24, 2.45) is 0 Å². The number of halogens is 2. The molecule has 0 radical (unpaired) electrons. The van der Waals surface area contributed by atoms with Crippen molar-refractivity contribution in [1.82, 2.24) is 15.5 Å². The molecule has 0 spiro atoms. The van der Waals surface area contributed by atoms with Gasteiger partial charge in [-0.3, -0.25) is 10.1 Å². The fraction of sp³-hybridized carbons (Fsp3) is 0.382. The summed E-state index contributed by atoms with van der Waals surface area (Å²) < 4.78 is 11.7. The van der Waals surface area contributed by atoms with Crippen molar-refractivity contribution in [3.63, 3.8) is 0 Å². The maximum absolute atomic E-state index is 13.9. The molecule has 6 rings (SSSR count). The smallest absolute Gasteiger partial charge is 0.251 e. The fourth-order valence-electron chi connectivity index (χ4n) is 6.07. The fourth-order valence-corrected chi connectivity index (χ4v) is 6.78. The zero-order valence-electron chi connectivity index (χ0n) is 24.1. The summed E-state index contributed by atoms with van der Waals surface area (Å²) in [5, 5.41) is 8.42. The molecule has 0 aromatic heterocycles. The van der Waals surface area contributed by atoms with Crippen molar-refractivity contribution in [3.05, 3.63) is 105 Å². The standard InChI is InChI=1S/C34H37Cl2N3O3/c1-22-4-3-5-24(16-22)20-39(26-8-9-26)33(40)28-12-13-34(21-37-19-31(28)38-34)25-6-10-27(11-7-25)41-14-15-42-32-29(35)17-23(2)18-30(32)36/h3-7,10-12,16-18,26,31,37-38H,8-9,13-15,19-21H2,1-2H3. The molecule has 2 fully saturated rings. The lowest BCUT2D eigenvalue weighted by Crippen LogP contribution is -2.65. The minimum absolute atomic E-state index is 0.0349. The van der Waals surface area contributed by atoms with Crippen LogP contribution in [-0.4, -0.2) is 49.2 Å². The van der Waals surface area contributed by atoms with Crippen LogP contribution in [0.1, 0.15) is 41.5 Å². The minimum Gasteiger partial charge on any atom is -0.490 e. The van der Waals surface area contributed by atoms with Crippen LogP contribution in [0, 0.1) is 13.8 Å². The highest BCUT2D eigenvalue weighted by Gasteiger charge is 2.44. The Morgan fingerprint density at radius 2 is 1.71 bits per heavy atom. The van der Waals surface area contributed by atoms with Gasteiger partial charge in [-0.1, -0.05) is 71.2 Å². The average Bonchev–Trinajstić information content (AvgIpc) is 3.81. The van der Waals surface area contributed by atoms with Crippen LogP contribution in [0.3, 0.4) is 0 Å². The summed E-state index contributed by atoms with van der Waals surface area (Å²) in [6.45, 7) is 6.91. The molecule has 2 bridgehead atoms. The van der Waals surface area contributed by atoms with Crippen LogP contribution in [0.25, 0.3) is 0 Å². The monoisotopic (exact) mass is 605 g/mol. The molecule has 8 heteroatoms. The molecule has 220 valence electrons. The molecule has 6 nitrogen and oxygen atoms in total. The van der Waals surface area contributed by atoms with E-state index in [0.717, 1.165) is 49.2 Å². The topological polar surface area (TPSA) is 62.8 Å². The van der Waals surface area contributed by atoms with Gasteiger partial charge in [0.1, 0.15) is 19.0 Å². The summed E-state index contributed by atoms with van der Waals surface area (Å²) in [6.07, 6.45) is 5.09. The number of ether oxygens (including phenoxy) is 2. The molecule has 2 heterocycles. The number of benzene rings is 3. The minimum atomic E-state index is -0.270. The Morgan fingerprint density at radius 1 is 0.976 bits per heavy atom. The van der Waals surface area contributed by atoms with Crippen molar-refractivity contribution in [2.75, 3.05) is 26.3 Å². The number of hydrogen-bond donors (Lipinski definition) is 2. The van der Waals surface area contributed by atoms with Gasteiger partial charge in [-0.15, -0.1) is 0 Å². The van der Waals surface area contributed by atoms with Crippen LogP contribution < -0.4 is 20.1 Å². The van der Waals surface area contributed by atoms with Crippen molar-refractivity contribution in [3.8, 4) is 11.5 Å². The van der Waals surface area contributed by atoms with E-state index in [-0.39, 0.29) is 17.5 Å². The van der Waals surface area contributed by atoms with E-state index in [0.29, 0.717) is 41.6 Å². The molecule has 1 amide bonds. The number of nitrogens with one attached hydrogen (secondary N) is 2. The van der Waals surface area contributed by atoms with Gasteiger partial charge in [0, 0.05) is 31.2 Å². The van der Waals surface area contributed by atoms with E-state index in [1.807, 2.05) is 31.2 Å². The van der Waals surface area contributed by atoms with E-state index in [9.17, 15) is 4.79 Å². The first-order chi connectivity index (χ1) is 20.3. The normalized spacial score (nSPS) is 21.4. The Kier molecular flexibility index (Phi) is 8.51. The van der Waals surface area contributed by atoms with Crippen LogP contribution in [0.2, 0.25) is 10.0 Å². The van der Waals surface area contributed by atoms with E-state index in [1.165, 1.54) is 16.7 Å². The summed E-state index contributed by atoms with van der Waals surface area (Å²) in [5.41, 5.74) is 5.17. The molecule has 2 aliphatic heterocycles. The van der Waals surface area contributed by atoms with Crippen molar-refractivity contribution < 1.29 is 14.3 Å². The Bertz CT molecular complexity index is 1460. The van der Waals surface area contributed by atoms with Gasteiger partial charge in [0.15, 0.2) is 5.75 Å². The van der Waals surface area contributed by atoms with Gasteiger partial charge >= 0.3 is 0 Å². The lowest BCUT2D eigenvalue weighted by Gasteiger charge is -2.47. The maximum atomic E-state index is 13.9. The van der Waals surface area contributed by atoms with E-state index in [1.54, 1.807) is 0 Å². The molecular formula is C34H37Cl2N3O3. The predicted octanol–water partition coefficient (Wildman–Crippen LogP) is 6.35. The number of carbonyl (C=O) groups is 1. The highest BCUT2D eigenvalue weighted by atomic mass is 35.5. The highest BCUT2D eigenvalue weighted by molar-refractivity contribution is 6.37. The van der Waals surface area contributed by atoms with Crippen molar-refractivity contribution in [2.45, 2.75) is 57.3 Å². The third kappa shape index (κ3) is 6.32. The molecule has 1 aliphatic carbocycles. The molecule has 1 saturated heterocycles. The number of aryl methyl sites for hydroxylation is 2. The summed E-state index contributed by atoms with van der Waals surface area (Å²) in [7, 11) is 0. The van der Waals surface area contributed by atoms with Gasteiger partial charge in [-0.05, 0) is 74.1 Å². The van der Waals surface area contributed by atoms with E-state index < -0.39 is 0 Å². The molecule has 3 aromatic carbocycles. The summed E-state index contributed by atoms with van der Waals surface area (Å²) in [6, 6.07) is 20.6. The zero-order chi connectivity index (χ0) is 29.3. The highest BCUT2D eigenvalue weighted by Crippen LogP contribution is 2.37. The largest absolute Gasteiger partial charge is 0.490 e.